The molecule has 378 valence electrons. The lowest BCUT2D eigenvalue weighted by Crippen LogP contribution is -2.60. The van der Waals surface area contributed by atoms with E-state index in [1.807, 2.05) is 24.3 Å². The predicted octanol–water partition coefficient (Wildman–Crippen LogP) is 7.23. The first-order valence-electron chi connectivity index (χ1n) is 26.1. The fraction of sp³-hybridized carbons (Fsp3) is 0.574. The highest BCUT2D eigenvalue weighted by Gasteiger charge is 2.72. The quantitative estimate of drug-likeness (QED) is 0.120. The molecule has 0 bridgehead atoms. The third-order valence-electron chi connectivity index (χ3n) is 17.6. The number of carbonyl (C=O) groups excluding carboxylic acids is 4. The van der Waals surface area contributed by atoms with Crippen molar-refractivity contribution in [1.82, 2.24) is 34.9 Å². The molecule has 7 aliphatic rings. The Labute approximate surface area is 423 Å². The number of hydrogen-bond acceptors (Lipinski definition) is 9. The van der Waals surface area contributed by atoms with Crippen molar-refractivity contribution in [2.75, 3.05) is 38.0 Å². The van der Waals surface area contributed by atoms with Crippen LogP contribution in [0.2, 0.25) is 10.0 Å². The zero-order valence-corrected chi connectivity index (χ0v) is 42.0. The monoisotopic (exact) mass is 1010 g/mol. The molecule has 4 N–H and O–H groups in total. The molecule has 11 rings (SSSR count). The number of carbonyl (C=O) groups is 4. The van der Waals surface area contributed by atoms with E-state index < -0.39 is 40.7 Å². The topological polar surface area (TPSA) is 159 Å². The minimum atomic E-state index is -1.25. The summed E-state index contributed by atoms with van der Waals surface area (Å²) in [7, 11) is 1.73. The van der Waals surface area contributed by atoms with Crippen LogP contribution in [0.5, 0.6) is 0 Å². The number of hydrogen-bond donors (Lipinski definition) is 4. The smallest absolute Gasteiger partial charge is 0.329 e. The Bertz CT molecular complexity index is 2790. The van der Waals surface area contributed by atoms with Gasteiger partial charge in [0, 0.05) is 80.9 Å². The molecule has 1 unspecified atom stereocenters. The van der Waals surface area contributed by atoms with E-state index in [-0.39, 0.29) is 58.7 Å². The van der Waals surface area contributed by atoms with E-state index in [2.05, 4.69) is 31.1 Å². The summed E-state index contributed by atoms with van der Waals surface area (Å²) in [5, 5.41) is 13.1. The van der Waals surface area contributed by atoms with Crippen LogP contribution < -0.4 is 27.0 Å². The van der Waals surface area contributed by atoms with E-state index in [0.29, 0.717) is 41.4 Å². The number of halogens is 3. The molecular formula is C54H65Cl2FN8O6. The van der Waals surface area contributed by atoms with Crippen LogP contribution in [0, 0.1) is 11.7 Å². The van der Waals surface area contributed by atoms with E-state index >= 15 is 4.39 Å². The highest BCUT2D eigenvalue weighted by atomic mass is 35.5. The number of aromatic nitrogens is 2. The second-order valence-electron chi connectivity index (χ2n) is 21.7. The van der Waals surface area contributed by atoms with E-state index in [0.717, 1.165) is 127 Å². The lowest BCUT2D eigenvalue weighted by Gasteiger charge is -2.47. The van der Waals surface area contributed by atoms with Crippen LogP contribution in [0.1, 0.15) is 125 Å². The number of nitrogens with zero attached hydrogens (tertiary/aromatic N) is 4. The maximum absolute atomic E-state index is 16.4. The van der Waals surface area contributed by atoms with Gasteiger partial charge in [0.1, 0.15) is 17.3 Å². The minimum absolute atomic E-state index is 0.0167. The van der Waals surface area contributed by atoms with Gasteiger partial charge in [-0.1, -0.05) is 66.7 Å². The Kier molecular flexibility index (Phi) is 13.5. The summed E-state index contributed by atoms with van der Waals surface area (Å²) in [6, 6.07) is 14.8. The molecule has 0 radical (unpaired) electrons. The van der Waals surface area contributed by atoms with Crippen LogP contribution in [0.4, 0.5) is 10.1 Å². The number of ether oxygens (including phenoxy) is 1. The molecule has 2 spiro atoms. The van der Waals surface area contributed by atoms with Gasteiger partial charge in [-0.15, -0.1) is 0 Å². The van der Waals surface area contributed by atoms with Gasteiger partial charge in [-0.3, -0.25) is 43.8 Å². The van der Waals surface area contributed by atoms with Crippen molar-refractivity contribution in [2.24, 2.45) is 13.0 Å². The summed E-state index contributed by atoms with van der Waals surface area (Å²) in [5.41, 5.74) is 1.94. The van der Waals surface area contributed by atoms with Crippen LogP contribution in [0.25, 0.3) is 11.0 Å². The molecule has 3 aromatic carbocycles. The van der Waals surface area contributed by atoms with Crippen molar-refractivity contribution in [3.05, 3.63) is 97.6 Å². The van der Waals surface area contributed by atoms with E-state index in [9.17, 15) is 24.0 Å². The normalized spacial score (nSPS) is 28.7. The van der Waals surface area contributed by atoms with Crippen LogP contribution in [0.15, 0.2) is 59.4 Å². The van der Waals surface area contributed by atoms with E-state index in [1.54, 1.807) is 35.9 Å². The number of fused-ring (bicyclic) bond motifs is 4. The molecule has 4 atom stereocenters. The number of imide groups is 1. The molecule has 2 aliphatic carbocycles. The van der Waals surface area contributed by atoms with Gasteiger partial charge in [0.25, 0.3) is 0 Å². The van der Waals surface area contributed by atoms with Gasteiger partial charge in [-0.25, -0.2) is 9.18 Å². The summed E-state index contributed by atoms with van der Waals surface area (Å²) in [4.78, 5) is 72.2. The third-order valence-corrected chi connectivity index (χ3v) is 18.1. The number of imidazole rings is 1. The molecule has 17 heteroatoms. The lowest BCUT2D eigenvalue weighted by molar-refractivity contribution is -0.136. The first kappa shape index (κ1) is 48.6. The number of rotatable bonds is 10. The molecule has 14 nitrogen and oxygen atoms in total. The van der Waals surface area contributed by atoms with E-state index in [4.69, 9.17) is 27.9 Å². The Morgan fingerprint density at radius 2 is 1.54 bits per heavy atom. The molecule has 71 heavy (non-hydrogen) atoms. The maximum Gasteiger partial charge on any atom is 0.329 e. The fourth-order valence-electron chi connectivity index (χ4n) is 14.1. The standard InChI is InChI=1S/C54H65Cl2FN8O6/c1-62-44-28-33(10-15-42(44)65(52(62)70)43-16-17-45(66)60-49(43)67)31-64-26-20-37(21-27-64)71-36-18-24-63(25-19-36)30-32-8-12-35(13-9-32)58-50(68)48-46(38-6-5-7-40(56)47(38)57)54(53(61-48)22-3-2-4-23-53)39-14-11-34(55)29-41(39)59-51(54)69/h5-7,10-11,14-15,28-29,32,35-37,43,46,48,61H,2-4,8-9,12-13,16-27,30-31H2,1H3,(H,58,68)(H,59,69)(H,60,66,67)/t32?,35?,43?,46-,48+,54+/m0/s1. The first-order chi connectivity index (χ1) is 34.3. The van der Waals surface area contributed by atoms with Gasteiger partial charge in [0.05, 0.1) is 34.3 Å². The SMILES string of the molecule is Cn1c(=O)n(C2CCC(=O)NC2=O)c2ccc(CN3CCC(OC4CCN(CC5CCC(NC(=O)[C@@H]6NC7(CCCCC7)[C@@]7(C(=O)Nc8cc(Cl)ccc87)[C@H]6c6cccc(Cl)c6F)CC5)CC4)CC3)cc21. The highest BCUT2D eigenvalue weighted by molar-refractivity contribution is 6.31. The lowest BCUT2D eigenvalue weighted by atomic mass is 9.55. The Hall–Kier alpha value is -4.64. The summed E-state index contributed by atoms with van der Waals surface area (Å²) in [5.74, 6) is -2.07. The van der Waals surface area contributed by atoms with Crippen molar-refractivity contribution in [3.8, 4) is 0 Å². The number of anilines is 1. The molecular weight excluding hydrogens is 947 g/mol. The number of piperidine rings is 3. The third kappa shape index (κ3) is 8.83. The molecule has 2 saturated carbocycles. The summed E-state index contributed by atoms with van der Waals surface area (Å²) in [6.45, 7) is 5.69. The zero-order valence-electron chi connectivity index (χ0n) is 40.5. The second-order valence-corrected chi connectivity index (χ2v) is 22.5. The summed E-state index contributed by atoms with van der Waals surface area (Å²) < 4.78 is 26.2. The van der Waals surface area contributed by atoms with Crippen molar-refractivity contribution in [3.63, 3.8) is 0 Å². The van der Waals surface area contributed by atoms with Crippen molar-refractivity contribution in [1.29, 1.82) is 0 Å². The van der Waals surface area contributed by atoms with E-state index in [1.165, 1.54) is 10.6 Å². The average molecular weight is 1010 g/mol. The molecule has 6 fully saturated rings. The molecule has 4 saturated heterocycles. The molecule has 6 heterocycles. The number of amides is 4. The van der Waals surface area contributed by atoms with Crippen LogP contribution in [-0.2, 0) is 42.9 Å². The summed E-state index contributed by atoms with van der Waals surface area (Å²) in [6.07, 6.45) is 12.9. The van der Waals surface area contributed by atoms with Gasteiger partial charge < -0.3 is 20.3 Å². The average Bonchev–Trinajstić information content (AvgIpc) is 3.91. The molecule has 4 amide bonds. The minimum Gasteiger partial charge on any atom is -0.375 e. The Morgan fingerprint density at radius 3 is 2.25 bits per heavy atom. The van der Waals surface area contributed by atoms with Gasteiger partial charge in [0.15, 0.2) is 0 Å². The number of nitrogens with one attached hydrogen (secondary N) is 4. The Balaban J connectivity index is 0.660. The van der Waals surface area contributed by atoms with Gasteiger partial charge >= 0.3 is 5.69 Å². The van der Waals surface area contributed by atoms with Crippen molar-refractivity contribution < 1.29 is 28.3 Å². The summed E-state index contributed by atoms with van der Waals surface area (Å²) >= 11 is 12.9. The number of benzene rings is 3. The van der Waals surface area contributed by atoms with Crippen molar-refractivity contribution >= 4 is 63.6 Å². The predicted molar refractivity (Wildman–Crippen MR) is 270 cm³/mol. The fourth-order valence-corrected chi connectivity index (χ4v) is 14.4. The molecule has 1 aromatic heterocycles. The Morgan fingerprint density at radius 1 is 0.817 bits per heavy atom. The molecule has 4 aromatic rings. The van der Waals surface area contributed by atoms with Gasteiger partial charge in [-0.2, -0.15) is 0 Å². The highest BCUT2D eigenvalue weighted by Crippen LogP contribution is 2.63. The molecule has 5 aliphatic heterocycles. The maximum atomic E-state index is 16.4. The number of likely N-dealkylation sites (tertiary alicyclic amines) is 2. The first-order valence-corrected chi connectivity index (χ1v) is 26.8. The van der Waals surface area contributed by atoms with Gasteiger partial charge in [0.2, 0.25) is 23.6 Å². The van der Waals surface area contributed by atoms with Crippen LogP contribution in [-0.4, -0.2) is 105 Å². The van der Waals surface area contributed by atoms with Crippen molar-refractivity contribution in [2.45, 2.75) is 150 Å². The number of aryl methyl sites for hydroxylation is 1. The zero-order chi connectivity index (χ0) is 49.2. The second kappa shape index (κ2) is 19.7. The van der Waals surface area contributed by atoms with Crippen LogP contribution in [0.3, 0.4) is 0 Å². The largest absolute Gasteiger partial charge is 0.375 e. The van der Waals surface area contributed by atoms with Gasteiger partial charge in [-0.05, 0) is 124 Å². The van der Waals surface area contributed by atoms with Crippen LogP contribution >= 0.6 is 23.2 Å².